The molecule has 0 bridgehead atoms. The van der Waals surface area contributed by atoms with Crippen LogP contribution < -0.4 is 0 Å². The average molecular weight is 410 g/mol. The van der Waals surface area contributed by atoms with Gasteiger partial charge in [-0.05, 0) is 0 Å². The van der Waals surface area contributed by atoms with Crippen LogP contribution in [0.3, 0.4) is 0 Å². The van der Waals surface area contributed by atoms with Crippen LogP contribution in [0.15, 0.2) is 30.3 Å². The first-order valence-corrected chi connectivity index (χ1v) is 13.2. The molecule has 1 aromatic rings. The van der Waals surface area contributed by atoms with Gasteiger partial charge >= 0.3 is 130 Å². The average Bonchev–Trinajstić information content (AvgIpc) is 3.06. The maximum absolute atomic E-state index is 2.47. The third-order valence-corrected chi connectivity index (χ3v) is 8.08. The standard InChI is InChI=1S/C23H40NSe/c1-24(19-13-14-20-24)18-12-7-5-3-2-4-6-8-15-21-25-22-23-16-10-9-11-17-23/h9-11,16-17H,2-8,12-15,18-22H2,1H3/q+1. The fourth-order valence-corrected chi connectivity index (χ4v) is 6.08. The molecule has 1 saturated heterocycles. The maximum Gasteiger partial charge on any atom is 0.0786 e. The Morgan fingerprint density at radius 2 is 1.32 bits per heavy atom. The van der Waals surface area contributed by atoms with Crippen molar-refractivity contribution in [2.24, 2.45) is 0 Å². The number of benzene rings is 1. The SMILES string of the molecule is C[N+]1(CCCCCCCCCCC[Se]Cc2ccccc2)CCCC1. The number of likely N-dealkylation sites (tertiary alicyclic amines) is 1. The maximum atomic E-state index is 2.47. The molecule has 0 spiro atoms. The molecule has 1 aliphatic rings. The first-order chi connectivity index (χ1) is 12.3. The number of unbranched alkanes of at least 4 members (excludes halogenated alkanes) is 8. The predicted molar refractivity (Wildman–Crippen MR) is 112 cm³/mol. The number of quaternary nitrogens is 1. The molecule has 0 saturated carbocycles. The van der Waals surface area contributed by atoms with Gasteiger partial charge in [0.15, 0.2) is 0 Å². The zero-order chi connectivity index (χ0) is 17.6. The molecule has 1 aliphatic heterocycles. The van der Waals surface area contributed by atoms with E-state index in [1.165, 1.54) is 111 Å². The van der Waals surface area contributed by atoms with Gasteiger partial charge in [-0.15, -0.1) is 0 Å². The predicted octanol–water partition coefficient (Wildman–Crippen LogP) is 6.06. The van der Waals surface area contributed by atoms with Gasteiger partial charge in [0.25, 0.3) is 0 Å². The molecule has 1 heterocycles. The second kappa shape index (κ2) is 13.0. The zero-order valence-corrected chi connectivity index (χ0v) is 18.3. The Balaban J connectivity index is 1.29. The summed E-state index contributed by atoms with van der Waals surface area (Å²) < 4.78 is 1.37. The van der Waals surface area contributed by atoms with Crippen LogP contribution in [0.5, 0.6) is 0 Å². The largest absolute Gasteiger partial charge is 0.0786 e. The summed E-state index contributed by atoms with van der Waals surface area (Å²) in [6, 6.07) is 11.0. The van der Waals surface area contributed by atoms with E-state index in [1.807, 2.05) is 0 Å². The zero-order valence-electron chi connectivity index (χ0n) is 16.6. The Labute approximate surface area is 163 Å². The fourth-order valence-electron chi connectivity index (χ4n) is 4.02. The number of hydrogen-bond acceptors (Lipinski definition) is 0. The van der Waals surface area contributed by atoms with Crippen molar-refractivity contribution >= 4 is 15.0 Å². The molecule has 0 atom stereocenters. The molecule has 0 N–H and O–H groups in total. The first kappa shape index (κ1) is 21.0. The van der Waals surface area contributed by atoms with E-state index in [9.17, 15) is 0 Å². The molecule has 0 unspecified atom stereocenters. The molecule has 25 heavy (non-hydrogen) atoms. The van der Waals surface area contributed by atoms with Gasteiger partial charge in [0.05, 0.1) is 20.1 Å². The van der Waals surface area contributed by atoms with Gasteiger partial charge in [0.1, 0.15) is 0 Å². The van der Waals surface area contributed by atoms with Gasteiger partial charge in [0.2, 0.25) is 0 Å². The van der Waals surface area contributed by atoms with Crippen LogP contribution in [0, 0.1) is 0 Å². The summed E-state index contributed by atoms with van der Waals surface area (Å²) in [7, 11) is 2.47. The van der Waals surface area contributed by atoms with Crippen molar-refractivity contribution in [3.05, 3.63) is 35.9 Å². The third-order valence-electron chi connectivity index (χ3n) is 5.74. The van der Waals surface area contributed by atoms with Gasteiger partial charge in [0, 0.05) is 12.8 Å². The van der Waals surface area contributed by atoms with Crippen molar-refractivity contribution in [3.63, 3.8) is 0 Å². The quantitative estimate of drug-likeness (QED) is 0.199. The Morgan fingerprint density at radius 1 is 0.760 bits per heavy atom. The van der Waals surface area contributed by atoms with Crippen molar-refractivity contribution in [1.82, 2.24) is 0 Å². The van der Waals surface area contributed by atoms with Crippen LogP contribution in [0.2, 0.25) is 5.32 Å². The first-order valence-electron chi connectivity index (χ1n) is 10.7. The molecular formula is C23H40NSe+. The second-order valence-corrected chi connectivity index (χ2v) is 10.5. The van der Waals surface area contributed by atoms with Gasteiger partial charge in [-0.3, -0.25) is 0 Å². The number of nitrogens with zero attached hydrogens (tertiary/aromatic N) is 1. The molecule has 2 rings (SSSR count). The van der Waals surface area contributed by atoms with Gasteiger partial charge in [-0.1, -0.05) is 0 Å². The Morgan fingerprint density at radius 3 is 1.96 bits per heavy atom. The molecule has 0 aromatic heterocycles. The molecular weight excluding hydrogens is 369 g/mol. The molecule has 2 heteroatoms. The molecule has 1 aromatic carbocycles. The second-order valence-electron chi connectivity index (χ2n) is 8.22. The van der Waals surface area contributed by atoms with Crippen molar-refractivity contribution in [2.75, 3.05) is 26.7 Å². The van der Waals surface area contributed by atoms with E-state index in [0.717, 1.165) is 15.0 Å². The summed E-state index contributed by atoms with van der Waals surface area (Å²) in [4.78, 5) is 0. The van der Waals surface area contributed by atoms with Crippen LogP contribution >= 0.6 is 0 Å². The minimum Gasteiger partial charge on any atom is 0.00188 e. The molecule has 142 valence electrons. The topological polar surface area (TPSA) is 0 Å². The summed E-state index contributed by atoms with van der Waals surface area (Å²) >= 11 is 0.815. The fraction of sp³-hybridized carbons (Fsp3) is 0.739. The van der Waals surface area contributed by atoms with E-state index in [2.05, 4.69) is 37.4 Å². The van der Waals surface area contributed by atoms with Crippen molar-refractivity contribution in [3.8, 4) is 0 Å². The summed E-state index contributed by atoms with van der Waals surface area (Å²) in [5.41, 5.74) is 1.53. The Hall–Kier alpha value is -0.301. The van der Waals surface area contributed by atoms with Crippen molar-refractivity contribution in [1.29, 1.82) is 0 Å². The van der Waals surface area contributed by atoms with Gasteiger partial charge in [-0.25, -0.2) is 0 Å². The van der Waals surface area contributed by atoms with E-state index >= 15 is 0 Å². The van der Waals surface area contributed by atoms with Crippen molar-refractivity contribution < 1.29 is 4.48 Å². The van der Waals surface area contributed by atoms with Crippen LogP contribution in [0.1, 0.15) is 76.2 Å². The normalized spacial score (nSPS) is 16.4. The Bertz CT molecular complexity index is 425. The van der Waals surface area contributed by atoms with Gasteiger partial charge in [-0.2, -0.15) is 0 Å². The minimum absolute atomic E-state index is 0.815. The molecule has 1 fully saturated rings. The smallest absolute Gasteiger partial charge is 0.00188 e. The summed E-state index contributed by atoms with van der Waals surface area (Å²) in [6.45, 7) is 4.31. The van der Waals surface area contributed by atoms with Crippen LogP contribution in [-0.4, -0.2) is 46.1 Å². The van der Waals surface area contributed by atoms with Crippen molar-refractivity contribution in [2.45, 2.75) is 81.3 Å². The molecule has 0 amide bonds. The van der Waals surface area contributed by atoms with E-state index in [0.29, 0.717) is 0 Å². The van der Waals surface area contributed by atoms with Crippen LogP contribution in [-0.2, 0) is 5.32 Å². The summed E-state index contributed by atoms with van der Waals surface area (Å²) in [5.74, 6) is 0. The summed E-state index contributed by atoms with van der Waals surface area (Å²) in [5, 5.41) is 2.80. The van der Waals surface area contributed by atoms with E-state index < -0.39 is 0 Å². The monoisotopic (exact) mass is 410 g/mol. The third kappa shape index (κ3) is 9.83. The minimum atomic E-state index is 0.815. The van der Waals surface area contributed by atoms with Gasteiger partial charge < -0.3 is 0 Å². The number of rotatable bonds is 14. The molecule has 0 radical (unpaired) electrons. The molecule has 1 nitrogen and oxygen atoms in total. The Kier molecular flexibility index (Phi) is 10.9. The van der Waals surface area contributed by atoms with E-state index in [1.54, 1.807) is 0 Å². The van der Waals surface area contributed by atoms with Crippen LogP contribution in [0.25, 0.3) is 0 Å². The number of hydrogen-bond donors (Lipinski definition) is 0. The van der Waals surface area contributed by atoms with Crippen LogP contribution in [0.4, 0.5) is 0 Å². The molecule has 0 aliphatic carbocycles. The summed E-state index contributed by atoms with van der Waals surface area (Å²) in [6.07, 6.45) is 16.1. The van der Waals surface area contributed by atoms with E-state index in [4.69, 9.17) is 0 Å². The van der Waals surface area contributed by atoms with E-state index in [-0.39, 0.29) is 0 Å².